The third-order valence-electron chi connectivity index (χ3n) is 4.27. The zero-order chi connectivity index (χ0) is 17.1. The van der Waals surface area contributed by atoms with Crippen LogP contribution in [0.25, 0.3) is 11.3 Å². The average Bonchev–Trinajstić information content (AvgIpc) is 3.22. The third-order valence-corrected chi connectivity index (χ3v) is 4.27. The molecule has 24 heavy (non-hydrogen) atoms. The predicted octanol–water partition coefficient (Wildman–Crippen LogP) is 2.36. The molecule has 7 heteroatoms. The molecule has 1 atom stereocenters. The van der Waals surface area contributed by atoms with E-state index in [0.717, 1.165) is 25.1 Å². The van der Waals surface area contributed by atoms with Crippen molar-refractivity contribution in [1.82, 2.24) is 9.88 Å². The summed E-state index contributed by atoms with van der Waals surface area (Å²) in [5, 5.41) is 0. The smallest absolute Gasteiger partial charge is 0.223 e. The Labute approximate surface area is 138 Å². The quantitative estimate of drug-likeness (QED) is 0.910. The Morgan fingerprint density at radius 3 is 2.96 bits per heavy atom. The number of nitrogens with two attached hydrogens (primary N) is 1. The molecule has 1 aromatic carbocycles. The molecule has 1 saturated heterocycles. The van der Waals surface area contributed by atoms with Gasteiger partial charge in [0.2, 0.25) is 5.91 Å². The van der Waals surface area contributed by atoms with Crippen LogP contribution in [0.15, 0.2) is 28.8 Å². The second-order valence-electron chi connectivity index (χ2n) is 5.97. The summed E-state index contributed by atoms with van der Waals surface area (Å²) in [5.74, 6) is -0.361. The van der Waals surface area contributed by atoms with Gasteiger partial charge < -0.3 is 15.1 Å². The lowest BCUT2D eigenvalue weighted by atomic mass is 10.1. The SMILES string of the molecule is NCC1CCN(C(=O)CCc2ncc(-c3ccc(F)cc3F)o2)C1. The van der Waals surface area contributed by atoms with E-state index in [1.807, 2.05) is 0 Å². The molecule has 0 radical (unpaired) electrons. The summed E-state index contributed by atoms with van der Waals surface area (Å²) in [6, 6.07) is 3.25. The minimum absolute atomic E-state index is 0.0404. The molecule has 1 unspecified atom stereocenters. The van der Waals surface area contributed by atoms with Gasteiger partial charge in [-0.15, -0.1) is 0 Å². The normalized spacial score (nSPS) is 17.5. The highest BCUT2D eigenvalue weighted by molar-refractivity contribution is 5.76. The van der Waals surface area contributed by atoms with Crippen LogP contribution in [0.2, 0.25) is 0 Å². The fourth-order valence-electron chi connectivity index (χ4n) is 2.86. The Hall–Kier alpha value is -2.28. The van der Waals surface area contributed by atoms with Gasteiger partial charge in [-0.05, 0) is 31.0 Å². The average molecular weight is 335 g/mol. The lowest BCUT2D eigenvalue weighted by Gasteiger charge is -2.15. The number of hydrogen-bond donors (Lipinski definition) is 1. The molecular formula is C17H19F2N3O2. The standard InChI is InChI=1S/C17H19F2N3O2/c18-12-1-2-13(14(19)7-12)15-9-21-16(24-15)3-4-17(23)22-6-5-11(8-20)10-22/h1-2,7,9,11H,3-6,8,10,20H2. The largest absolute Gasteiger partial charge is 0.441 e. The first kappa shape index (κ1) is 16.6. The first-order valence-electron chi connectivity index (χ1n) is 7.95. The van der Waals surface area contributed by atoms with Gasteiger partial charge in [-0.2, -0.15) is 0 Å². The molecule has 128 valence electrons. The molecule has 0 spiro atoms. The summed E-state index contributed by atoms with van der Waals surface area (Å²) >= 11 is 0. The zero-order valence-corrected chi connectivity index (χ0v) is 13.2. The topological polar surface area (TPSA) is 72.4 Å². The Kier molecular flexibility index (Phi) is 4.89. The second-order valence-corrected chi connectivity index (χ2v) is 5.97. The van der Waals surface area contributed by atoms with E-state index in [1.165, 1.54) is 12.3 Å². The summed E-state index contributed by atoms with van der Waals surface area (Å²) < 4.78 is 32.2. The summed E-state index contributed by atoms with van der Waals surface area (Å²) in [5.41, 5.74) is 5.77. The Morgan fingerprint density at radius 1 is 1.42 bits per heavy atom. The van der Waals surface area contributed by atoms with Crippen LogP contribution in [0.1, 0.15) is 18.7 Å². The number of hydrogen-bond acceptors (Lipinski definition) is 4. The first-order chi connectivity index (χ1) is 11.6. The minimum atomic E-state index is -0.710. The van der Waals surface area contributed by atoms with Crippen molar-refractivity contribution in [3.63, 3.8) is 0 Å². The summed E-state index contributed by atoms with van der Waals surface area (Å²) in [7, 11) is 0. The number of halogens is 2. The van der Waals surface area contributed by atoms with Crippen LogP contribution in [0.3, 0.4) is 0 Å². The van der Waals surface area contributed by atoms with Crippen molar-refractivity contribution in [2.75, 3.05) is 19.6 Å². The molecule has 0 aliphatic carbocycles. The molecular weight excluding hydrogens is 316 g/mol. The monoisotopic (exact) mass is 335 g/mol. The van der Waals surface area contributed by atoms with Gasteiger partial charge in [0.25, 0.3) is 0 Å². The van der Waals surface area contributed by atoms with Gasteiger partial charge in [-0.25, -0.2) is 13.8 Å². The van der Waals surface area contributed by atoms with Crippen LogP contribution in [0.5, 0.6) is 0 Å². The van der Waals surface area contributed by atoms with Crippen molar-refractivity contribution in [3.05, 3.63) is 41.9 Å². The van der Waals surface area contributed by atoms with Crippen molar-refractivity contribution in [2.45, 2.75) is 19.3 Å². The predicted molar refractivity (Wildman–Crippen MR) is 83.9 cm³/mol. The number of aromatic nitrogens is 1. The molecule has 0 saturated carbocycles. The molecule has 3 rings (SSSR count). The van der Waals surface area contributed by atoms with Gasteiger partial charge >= 0.3 is 0 Å². The van der Waals surface area contributed by atoms with Crippen LogP contribution in [0, 0.1) is 17.6 Å². The molecule has 1 amide bonds. The van der Waals surface area contributed by atoms with Gasteiger partial charge in [0.15, 0.2) is 11.7 Å². The highest BCUT2D eigenvalue weighted by atomic mass is 19.1. The summed E-state index contributed by atoms with van der Waals surface area (Å²) in [4.78, 5) is 18.0. The maximum Gasteiger partial charge on any atom is 0.223 e. The number of carbonyl (C=O) groups excluding carboxylic acids is 1. The van der Waals surface area contributed by atoms with Gasteiger partial charge in [-0.1, -0.05) is 0 Å². The molecule has 1 aliphatic heterocycles. The van der Waals surface area contributed by atoms with Gasteiger partial charge in [-0.3, -0.25) is 4.79 Å². The van der Waals surface area contributed by atoms with E-state index in [9.17, 15) is 13.6 Å². The Bertz CT molecular complexity index is 732. The van der Waals surface area contributed by atoms with Crippen molar-refractivity contribution in [1.29, 1.82) is 0 Å². The van der Waals surface area contributed by atoms with Crippen molar-refractivity contribution in [2.24, 2.45) is 11.7 Å². The molecule has 5 nitrogen and oxygen atoms in total. The van der Waals surface area contributed by atoms with Gasteiger partial charge in [0.05, 0.1) is 11.8 Å². The van der Waals surface area contributed by atoms with E-state index < -0.39 is 11.6 Å². The molecule has 1 aromatic heterocycles. The molecule has 0 bridgehead atoms. The second kappa shape index (κ2) is 7.09. The van der Waals surface area contributed by atoms with Crippen LogP contribution in [-0.4, -0.2) is 35.4 Å². The van der Waals surface area contributed by atoms with Crippen molar-refractivity contribution < 1.29 is 18.0 Å². The fourth-order valence-corrected chi connectivity index (χ4v) is 2.86. The maximum absolute atomic E-state index is 13.7. The van der Waals surface area contributed by atoms with Gasteiger partial charge in [0.1, 0.15) is 11.6 Å². The van der Waals surface area contributed by atoms with Crippen molar-refractivity contribution in [3.8, 4) is 11.3 Å². The third kappa shape index (κ3) is 3.62. The zero-order valence-electron chi connectivity index (χ0n) is 13.2. The van der Waals surface area contributed by atoms with E-state index in [1.54, 1.807) is 4.90 Å². The van der Waals surface area contributed by atoms with Crippen molar-refractivity contribution >= 4 is 5.91 Å². The Balaban J connectivity index is 1.59. The summed E-state index contributed by atoms with van der Waals surface area (Å²) in [6.45, 7) is 2.03. The minimum Gasteiger partial charge on any atom is -0.441 e. The number of oxazole rings is 1. The molecule has 2 N–H and O–H groups in total. The lowest BCUT2D eigenvalue weighted by molar-refractivity contribution is -0.130. The maximum atomic E-state index is 13.7. The van der Waals surface area contributed by atoms with E-state index in [2.05, 4.69) is 4.98 Å². The number of benzene rings is 1. The fraction of sp³-hybridized carbons (Fsp3) is 0.412. The number of amides is 1. The molecule has 2 heterocycles. The number of likely N-dealkylation sites (tertiary alicyclic amines) is 1. The van der Waals surface area contributed by atoms with E-state index in [4.69, 9.17) is 10.2 Å². The molecule has 2 aromatic rings. The van der Waals surface area contributed by atoms with Crippen LogP contribution in [0.4, 0.5) is 8.78 Å². The van der Waals surface area contributed by atoms with Gasteiger partial charge in [0, 0.05) is 32.0 Å². The number of nitrogens with zero attached hydrogens (tertiary/aromatic N) is 2. The number of aryl methyl sites for hydroxylation is 1. The highest BCUT2D eigenvalue weighted by Crippen LogP contribution is 2.25. The van der Waals surface area contributed by atoms with E-state index >= 15 is 0 Å². The van der Waals surface area contributed by atoms with Crippen LogP contribution in [-0.2, 0) is 11.2 Å². The van der Waals surface area contributed by atoms with E-state index in [0.29, 0.717) is 31.3 Å². The van der Waals surface area contributed by atoms with Crippen LogP contribution < -0.4 is 5.73 Å². The lowest BCUT2D eigenvalue weighted by Crippen LogP contribution is -2.30. The molecule has 1 fully saturated rings. The van der Waals surface area contributed by atoms with E-state index in [-0.39, 0.29) is 23.7 Å². The number of rotatable bonds is 5. The summed E-state index contributed by atoms with van der Waals surface area (Å²) in [6.07, 6.45) is 2.94. The molecule has 1 aliphatic rings. The number of carbonyl (C=O) groups is 1. The Morgan fingerprint density at radius 2 is 2.25 bits per heavy atom. The first-order valence-corrected chi connectivity index (χ1v) is 7.95. The van der Waals surface area contributed by atoms with Crippen LogP contribution >= 0.6 is 0 Å². The highest BCUT2D eigenvalue weighted by Gasteiger charge is 2.25.